The van der Waals surface area contributed by atoms with Gasteiger partial charge in [-0.15, -0.1) is 5.10 Å². The lowest BCUT2D eigenvalue weighted by Crippen LogP contribution is -2.40. The van der Waals surface area contributed by atoms with Gasteiger partial charge in [-0.05, 0) is 44.0 Å². The Morgan fingerprint density at radius 2 is 2.30 bits per heavy atom. The van der Waals surface area contributed by atoms with Crippen LogP contribution in [0.5, 0.6) is 0 Å². The van der Waals surface area contributed by atoms with Gasteiger partial charge in [0.1, 0.15) is 0 Å². The monoisotopic (exact) mass is 454 g/mol. The molecule has 0 radical (unpaired) electrons. The summed E-state index contributed by atoms with van der Waals surface area (Å²) in [5.74, 6) is -1.10. The molecule has 176 valence electrons. The molecular weight excluding hydrogens is 424 g/mol. The summed E-state index contributed by atoms with van der Waals surface area (Å²) in [5, 5.41) is 37.1. The number of hydrogen-bond acceptors (Lipinski definition) is 7. The zero-order chi connectivity index (χ0) is 23.4. The standard InChI is InChI=1S/C23H30N6O4/c1-15(5-2-3-11-29-14-17(9-12-30)27-28-29)23(33)18-13-16(7-8-19(18)26-22(23)32)25-21(31)20-6-4-10-24-20/h2,5,7-8,13-15,20,24,30,33H,3-4,6,9-12H2,1H3,(H,25,31)(H,26,32)/b5-2+/t15-,20+,23+/m0/s1. The fraction of sp³-hybridized carbons (Fsp3) is 0.478. The number of amides is 2. The Kier molecular flexibility index (Phi) is 6.87. The van der Waals surface area contributed by atoms with Crippen LogP contribution >= 0.6 is 0 Å². The van der Waals surface area contributed by atoms with Crippen molar-refractivity contribution in [3.8, 4) is 0 Å². The van der Waals surface area contributed by atoms with Crippen LogP contribution in [0, 0.1) is 5.92 Å². The lowest BCUT2D eigenvalue weighted by Gasteiger charge is -2.26. The smallest absolute Gasteiger partial charge is 0.261 e. The van der Waals surface area contributed by atoms with Gasteiger partial charge < -0.3 is 26.2 Å². The van der Waals surface area contributed by atoms with E-state index in [1.807, 2.05) is 12.2 Å². The first-order valence-electron chi connectivity index (χ1n) is 11.3. The number of carbonyl (C=O) groups excluding carboxylic acids is 2. The molecule has 0 saturated carbocycles. The topological polar surface area (TPSA) is 141 Å². The van der Waals surface area contributed by atoms with Crippen LogP contribution in [0.3, 0.4) is 0 Å². The summed E-state index contributed by atoms with van der Waals surface area (Å²) in [6, 6.07) is 4.88. The van der Waals surface area contributed by atoms with E-state index < -0.39 is 17.4 Å². The first-order chi connectivity index (χ1) is 15.9. The third-order valence-electron chi connectivity index (χ3n) is 6.23. The van der Waals surface area contributed by atoms with Crippen molar-refractivity contribution in [2.24, 2.45) is 5.92 Å². The summed E-state index contributed by atoms with van der Waals surface area (Å²) in [4.78, 5) is 25.2. The van der Waals surface area contributed by atoms with Gasteiger partial charge in [0.25, 0.3) is 5.91 Å². The number of nitrogens with zero attached hydrogens (tertiary/aromatic N) is 3. The van der Waals surface area contributed by atoms with Crippen molar-refractivity contribution in [1.82, 2.24) is 20.3 Å². The van der Waals surface area contributed by atoms with Crippen LogP contribution in [-0.4, -0.2) is 56.2 Å². The van der Waals surface area contributed by atoms with E-state index in [9.17, 15) is 14.7 Å². The van der Waals surface area contributed by atoms with E-state index >= 15 is 0 Å². The highest BCUT2D eigenvalue weighted by Gasteiger charge is 2.48. The van der Waals surface area contributed by atoms with Crippen molar-refractivity contribution < 1.29 is 19.8 Å². The lowest BCUT2D eigenvalue weighted by molar-refractivity contribution is -0.137. The molecule has 1 fully saturated rings. The number of benzene rings is 1. The van der Waals surface area contributed by atoms with Crippen LogP contribution in [0.25, 0.3) is 0 Å². The third-order valence-corrected chi connectivity index (χ3v) is 6.23. The molecule has 1 aromatic heterocycles. The lowest BCUT2D eigenvalue weighted by atomic mass is 9.82. The fourth-order valence-corrected chi connectivity index (χ4v) is 4.30. The molecule has 10 nitrogen and oxygen atoms in total. The minimum absolute atomic E-state index is 0.0289. The van der Waals surface area contributed by atoms with E-state index in [4.69, 9.17) is 5.11 Å². The zero-order valence-corrected chi connectivity index (χ0v) is 18.6. The van der Waals surface area contributed by atoms with E-state index in [-0.39, 0.29) is 18.6 Å². The first kappa shape index (κ1) is 23.1. The molecular formula is C23H30N6O4. The van der Waals surface area contributed by atoms with Gasteiger partial charge in [-0.1, -0.05) is 24.3 Å². The van der Waals surface area contributed by atoms with Gasteiger partial charge in [-0.25, -0.2) is 0 Å². The van der Waals surface area contributed by atoms with Gasteiger partial charge in [0.05, 0.1) is 11.7 Å². The second-order valence-electron chi connectivity index (χ2n) is 8.57. The van der Waals surface area contributed by atoms with E-state index in [1.54, 1.807) is 36.0 Å². The maximum atomic E-state index is 12.7. The number of aryl methyl sites for hydroxylation is 1. The van der Waals surface area contributed by atoms with Crippen molar-refractivity contribution in [1.29, 1.82) is 0 Å². The van der Waals surface area contributed by atoms with Crippen molar-refractivity contribution in [3.05, 3.63) is 47.8 Å². The molecule has 3 atom stereocenters. The number of fused-ring (bicyclic) bond motifs is 1. The molecule has 2 aliphatic heterocycles. The Morgan fingerprint density at radius 1 is 1.45 bits per heavy atom. The van der Waals surface area contributed by atoms with E-state index in [2.05, 4.69) is 26.3 Å². The Balaban J connectivity index is 1.42. The van der Waals surface area contributed by atoms with E-state index in [0.29, 0.717) is 36.3 Å². The summed E-state index contributed by atoms with van der Waals surface area (Å²) < 4.78 is 1.69. The molecule has 0 spiro atoms. The van der Waals surface area contributed by atoms with Crippen LogP contribution in [0.4, 0.5) is 11.4 Å². The summed E-state index contributed by atoms with van der Waals surface area (Å²) in [6.07, 6.45) is 8.37. The molecule has 0 bridgehead atoms. The number of nitrogens with one attached hydrogen (secondary N) is 3. The van der Waals surface area contributed by atoms with E-state index in [0.717, 1.165) is 25.1 Å². The molecule has 2 aromatic rings. The Hall–Kier alpha value is -3.08. The first-order valence-corrected chi connectivity index (χ1v) is 11.3. The molecule has 0 unspecified atom stereocenters. The molecule has 5 N–H and O–H groups in total. The molecule has 2 amide bonds. The van der Waals surface area contributed by atoms with E-state index in [1.165, 1.54) is 0 Å². The molecule has 2 aliphatic rings. The van der Waals surface area contributed by atoms with Crippen molar-refractivity contribution in [2.75, 3.05) is 23.8 Å². The van der Waals surface area contributed by atoms with Crippen LogP contribution in [0.15, 0.2) is 36.5 Å². The Labute approximate surface area is 192 Å². The number of allylic oxidation sites excluding steroid dienone is 1. The summed E-state index contributed by atoms with van der Waals surface area (Å²) in [5.41, 5.74) is 0.531. The molecule has 1 saturated heterocycles. The van der Waals surface area contributed by atoms with Crippen LogP contribution in [-0.2, 0) is 28.2 Å². The summed E-state index contributed by atoms with van der Waals surface area (Å²) >= 11 is 0. The highest BCUT2D eigenvalue weighted by Crippen LogP contribution is 2.42. The molecule has 1 aromatic carbocycles. The average molecular weight is 455 g/mol. The summed E-state index contributed by atoms with van der Waals surface area (Å²) in [7, 11) is 0. The maximum absolute atomic E-state index is 12.7. The van der Waals surface area contributed by atoms with Crippen LogP contribution in [0.2, 0.25) is 0 Å². The minimum atomic E-state index is -1.74. The highest BCUT2D eigenvalue weighted by molar-refractivity contribution is 6.06. The van der Waals surface area contributed by atoms with Gasteiger partial charge in [-0.2, -0.15) is 0 Å². The second kappa shape index (κ2) is 9.82. The molecule has 33 heavy (non-hydrogen) atoms. The Morgan fingerprint density at radius 3 is 3.06 bits per heavy atom. The van der Waals surface area contributed by atoms with Crippen LogP contribution in [0.1, 0.15) is 37.4 Å². The molecule has 0 aliphatic carbocycles. The minimum Gasteiger partial charge on any atom is -0.396 e. The van der Waals surface area contributed by atoms with Gasteiger partial charge in [-0.3, -0.25) is 14.3 Å². The number of aliphatic hydroxyl groups excluding tert-OH is 1. The largest absolute Gasteiger partial charge is 0.396 e. The number of anilines is 2. The quantitative estimate of drug-likeness (QED) is 0.355. The molecule has 3 heterocycles. The maximum Gasteiger partial charge on any atom is 0.261 e. The van der Waals surface area contributed by atoms with Crippen molar-refractivity contribution in [3.63, 3.8) is 0 Å². The predicted octanol–water partition coefficient (Wildman–Crippen LogP) is 0.926. The van der Waals surface area contributed by atoms with Gasteiger partial charge in [0, 0.05) is 48.6 Å². The van der Waals surface area contributed by atoms with Crippen molar-refractivity contribution in [2.45, 2.75) is 50.8 Å². The number of rotatable bonds is 9. The van der Waals surface area contributed by atoms with Gasteiger partial charge >= 0.3 is 0 Å². The predicted molar refractivity (Wildman–Crippen MR) is 122 cm³/mol. The SMILES string of the molecule is C[C@@H](/C=C/CCn1cc(CCO)nn1)[C@]1(O)C(=O)Nc2ccc(NC(=O)[C@H]3CCCN3)cc21. The third kappa shape index (κ3) is 4.82. The highest BCUT2D eigenvalue weighted by atomic mass is 16.3. The summed E-state index contributed by atoms with van der Waals surface area (Å²) in [6.45, 7) is 3.23. The number of carbonyl (C=O) groups is 2. The van der Waals surface area contributed by atoms with Gasteiger partial charge in [0.2, 0.25) is 5.91 Å². The Bertz CT molecular complexity index is 1050. The second-order valence-corrected chi connectivity index (χ2v) is 8.57. The van der Waals surface area contributed by atoms with Crippen LogP contribution < -0.4 is 16.0 Å². The average Bonchev–Trinajstić information content (AvgIpc) is 3.53. The normalized spacial score (nSPS) is 23.0. The zero-order valence-electron chi connectivity index (χ0n) is 18.6. The molecule has 10 heteroatoms. The number of hydrogen-bond donors (Lipinski definition) is 5. The number of aromatic nitrogens is 3. The number of aliphatic hydroxyl groups is 2. The molecule has 4 rings (SSSR count). The van der Waals surface area contributed by atoms with Gasteiger partial charge in [0.15, 0.2) is 5.60 Å². The van der Waals surface area contributed by atoms with Crippen molar-refractivity contribution >= 4 is 23.2 Å². The fourth-order valence-electron chi connectivity index (χ4n) is 4.30.